The molecule has 7 nitrogen and oxygen atoms in total. The first-order valence-electron chi connectivity index (χ1n) is 8.80. The number of ether oxygens (including phenoxy) is 2. The number of carbonyl (C=O) groups excluding carboxylic acids is 2. The second kappa shape index (κ2) is 7.90. The van der Waals surface area contributed by atoms with E-state index in [9.17, 15) is 14.0 Å². The van der Waals surface area contributed by atoms with Crippen LogP contribution in [-0.2, 0) is 14.3 Å². The van der Waals surface area contributed by atoms with Gasteiger partial charge in [0, 0.05) is 23.8 Å². The Bertz CT molecular complexity index is 670. The minimum atomic E-state index is -1.21. The molecule has 1 aromatic carbocycles. The summed E-state index contributed by atoms with van der Waals surface area (Å²) in [6, 6.07) is 7.15. The highest BCUT2D eigenvalue weighted by Gasteiger charge is 2.33. The van der Waals surface area contributed by atoms with Crippen LogP contribution in [0.2, 0.25) is 0 Å². The molecule has 2 heterocycles. The number of alkyl halides is 1. The molecule has 1 aromatic rings. The smallest absolute Gasteiger partial charge is 0.414 e. The van der Waals surface area contributed by atoms with Gasteiger partial charge in [-0.15, -0.1) is 0 Å². The molecule has 2 fully saturated rings. The maximum atomic E-state index is 14.1. The third-order valence-corrected chi connectivity index (χ3v) is 4.45. The summed E-state index contributed by atoms with van der Waals surface area (Å²) in [4.78, 5) is 27.0. The first-order chi connectivity index (χ1) is 12.5. The zero-order chi connectivity index (χ0) is 18.7. The van der Waals surface area contributed by atoms with Crippen LogP contribution in [0.5, 0.6) is 0 Å². The summed E-state index contributed by atoms with van der Waals surface area (Å²) in [7, 11) is 0. The van der Waals surface area contributed by atoms with Crippen molar-refractivity contribution in [3.63, 3.8) is 0 Å². The van der Waals surface area contributed by atoms with Gasteiger partial charge < -0.3 is 19.7 Å². The fraction of sp³-hybridized carbons (Fsp3) is 0.556. The minimum Gasteiger partial charge on any atom is -0.442 e. The zero-order valence-electron chi connectivity index (χ0n) is 15.0. The maximum absolute atomic E-state index is 14.1. The van der Waals surface area contributed by atoms with E-state index in [1.807, 2.05) is 6.07 Å². The number of rotatable bonds is 5. The van der Waals surface area contributed by atoms with Gasteiger partial charge in [-0.1, -0.05) is 19.9 Å². The summed E-state index contributed by atoms with van der Waals surface area (Å²) < 4.78 is 24.5. The molecule has 142 valence electrons. The highest BCUT2D eigenvalue weighted by Crippen LogP contribution is 2.28. The quantitative estimate of drug-likeness (QED) is 0.808. The first kappa shape index (κ1) is 18.4. The molecule has 1 unspecified atom stereocenters. The van der Waals surface area contributed by atoms with E-state index in [4.69, 9.17) is 9.47 Å². The van der Waals surface area contributed by atoms with E-state index >= 15 is 0 Å². The van der Waals surface area contributed by atoms with E-state index in [0.717, 1.165) is 0 Å². The number of morpholine rings is 1. The number of amides is 2. The summed E-state index contributed by atoms with van der Waals surface area (Å²) in [5.41, 5.74) is 1.34. The van der Waals surface area contributed by atoms with Gasteiger partial charge in [0.15, 0.2) is 6.30 Å². The summed E-state index contributed by atoms with van der Waals surface area (Å²) >= 11 is 0. The van der Waals surface area contributed by atoms with Crippen molar-refractivity contribution in [2.45, 2.75) is 26.2 Å². The van der Waals surface area contributed by atoms with Gasteiger partial charge in [0.2, 0.25) is 5.91 Å². The summed E-state index contributed by atoms with van der Waals surface area (Å²) in [5.74, 6) is -0.204. The highest BCUT2D eigenvalue weighted by molar-refractivity contribution is 5.90. The van der Waals surface area contributed by atoms with Crippen LogP contribution >= 0.6 is 0 Å². The lowest BCUT2D eigenvalue weighted by molar-refractivity contribution is -0.124. The second-order valence-electron chi connectivity index (χ2n) is 6.74. The molecule has 2 amide bonds. The molecule has 0 aromatic heterocycles. The molecular formula is C18H24FN3O4. The van der Waals surface area contributed by atoms with E-state index in [2.05, 4.69) is 5.32 Å². The number of halogens is 1. The molecule has 0 saturated carbocycles. The molecule has 26 heavy (non-hydrogen) atoms. The molecule has 8 heteroatoms. The summed E-state index contributed by atoms with van der Waals surface area (Å²) in [5, 5.41) is 2.77. The zero-order valence-corrected chi connectivity index (χ0v) is 15.0. The Labute approximate surface area is 152 Å². The Balaban J connectivity index is 1.66. The fourth-order valence-corrected chi connectivity index (χ4v) is 2.96. The number of nitrogens with one attached hydrogen (secondary N) is 1. The van der Waals surface area contributed by atoms with Crippen molar-refractivity contribution in [3.8, 4) is 0 Å². The Morgan fingerprint density at radius 2 is 2.15 bits per heavy atom. The van der Waals surface area contributed by atoms with Crippen molar-refractivity contribution < 1.29 is 23.5 Å². The molecule has 1 N–H and O–H groups in total. The normalized spacial score (nSPS) is 23.3. The van der Waals surface area contributed by atoms with Crippen LogP contribution in [0.15, 0.2) is 24.3 Å². The number of hydrogen-bond acceptors (Lipinski definition) is 5. The van der Waals surface area contributed by atoms with Gasteiger partial charge in [-0.05, 0) is 18.2 Å². The summed E-state index contributed by atoms with van der Waals surface area (Å²) in [6.07, 6.45) is -2.08. The lowest BCUT2D eigenvalue weighted by atomic mass is 10.2. The second-order valence-corrected chi connectivity index (χ2v) is 6.74. The number of benzene rings is 1. The van der Waals surface area contributed by atoms with Crippen molar-refractivity contribution in [1.29, 1.82) is 0 Å². The number of cyclic esters (lactones) is 1. The van der Waals surface area contributed by atoms with E-state index in [0.29, 0.717) is 31.1 Å². The fourth-order valence-electron chi connectivity index (χ4n) is 2.96. The van der Waals surface area contributed by atoms with Crippen molar-refractivity contribution in [2.24, 2.45) is 5.92 Å². The highest BCUT2D eigenvalue weighted by atomic mass is 19.1. The lowest BCUT2D eigenvalue weighted by Crippen LogP contribution is -2.43. The third-order valence-electron chi connectivity index (χ3n) is 4.45. The Morgan fingerprint density at radius 1 is 1.38 bits per heavy atom. The van der Waals surface area contributed by atoms with Crippen LogP contribution in [0, 0.1) is 5.92 Å². The molecule has 2 aliphatic rings. The minimum absolute atomic E-state index is 0.0353. The Morgan fingerprint density at radius 3 is 2.88 bits per heavy atom. The van der Waals surface area contributed by atoms with Crippen molar-refractivity contribution in [1.82, 2.24) is 5.32 Å². The van der Waals surface area contributed by atoms with Gasteiger partial charge in [-0.25, -0.2) is 9.18 Å². The van der Waals surface area contributed by atoms with Crippen LogP contribution in [0.25, 0.3) is 0 Å². The van der Waals surface area contributed by atoms with E-state index in [-0.39, 0.29) is 25.0 Å². The van der Waals surface area contributed by atoms with Crippen LogP contribution in [-0.4, -0.2) is 57.2 Å². The number of anilines is 2. The summed E-state index contributed by atoms with van der Waals surface area (Å²) in [6.45, 7) is 5.17. The van der Waals surface area contributed by atoms with E-state index < -0.39 is 18.5 Å². The van der Waals surface area contributed by atoms with Gasteiger partial charge >= 0.3 is 6.09 Å². The maximum Gasteiger partial charge on any atom is 0.414 e. The van der Waals surface area contributed by atoms with Crippen molar-refractivity contribution >= 4 is 23.4 Å². The topological polar surface area (TPSA) is 71.1 Å². The molecule has 2 atom stereocenters. The van der Waals surface area contributed by atoms with Crippen LogP contribution in [0.1, 0.15) is 13.8 Å². The van der Waals surface area contributed by atoms with Gasteiger partial charge in [0.25, 0.3) is 0 Å². The number of hydrogen-bond donors (Lipinski definition) is 1. The Hall–Kier alpha value is -2.35. The number of nitrogens with zero attached hydrogens (tertiary/aromatic N) is 2. The molecule has 2 saturated heterocycles. The SMILES string of the molecule is CC(C)C(=O)NC[C@H]1CN(c2cccc(N3CCOCC3F)c2)C(=O)O1. The predicted molar refractivity (Wildman–Crippen MR) is 95.0 cm³/mol. The average Bonchev–Trinajstić information content (AvgIpc) is 3.01. The van der Waals surface area contributed by atoms with E-state index in [1.165, 1.54) is 4.90 Å². The van der Waals surface area contributed by atoms with Gasteiger partial charge in [0.1, 0.15) is 6.10 Å². The molecular weight excluding hydrogens is 341 g/mol. The van der Waals surface area contributed by atoms with Crippen LogP contribution < -0.4 is 15.1 Å². The Kier molecular flexibility index (Phi) is 5.61. The molecule has 0 radical (unpaired) electrons. The van der Waals surface area contributed by atoms with E-state index in [1.54, 1.807) is 36.9 Å². The monoisotopic (exact) mass is 365 g/mol. The molecule has 0 spiro atoms. The number of carbonyl (C=O) groups is 2. The van der Waals surface area contributed by atoms with Crippen molar-refractivity contribution in [2.75, 3.05) is 42.6 Å². The first-order valence-corrected chi connectivity index (χ1v) is 8.80. The third kappa shape index (κ3) is 4.07. The molecule has 3 rings (SSSR count). The van der Waals surface area contributed by atoms with Gasteiger partial charge in [0.05, 0.1) is 26.3 Å². The van der Waals surface area contributed by atoms with Crippen LogP contribution in [0.3, 0.4) is 0 Å². The van der Waals surface area contributed by atoms with Gasteiger partial charge in [-0.3, -0.25) is 9.69 Å². The van der Waals surface area contributed by atoms with Crippen LogP contribution in [0.4, 0.5) is 20.6 Å². The standard InChI is InChI=1S/C18H24FN3O4/c1-12(2)17(23)20-9-15-10-22(18(24)26-15)14-5-3-4-13(8-14)21-6-7-25-11-16(21)19/h3-5,8,12,15-16H,6-7,9-11H2,1-2H3,(H,20,23)/t15-,16?/m0/s1. The van der Waals surface area contributed by atoms with Gasteiger partial charge in [-0.2, -0.15) is 0 Å². The molecule has 0 aliphatic carbocycles. The average molecular weight is 365 g/mol. The largest absolute Gasteiger partial charge is 0.442 e. The predicted octanol–water partition coefficient (Wildman–Crippen LogP) is 1.92. The molecule has 0 bridgehead atoms. The molecule has 2 aliphatic heterocycles. The van der Waals surface area contributed by atoms with Crippen molar-refractivity contribution in [3.05, 3.63) is 24.3 Å². The lowest BCUT2D eigenvalue weighted by Gasteiger charge is -2.32.